The van der Waals surface area contributed by atoms with Crippen LogP contribution in [0.25, 0.3) is 5.76 Å². The molecule has 0 aliphatic carbocycles. The van der Waals surface area contributed by atoms with Gasteiger partial charge in [0, 0.05) is 10.6 Å². The number of anilines is 1. The molecule has 170 valence electrons. The number of allylic oxidation sites excluding steroid dienone is 2. The number of ether oxygens (including phenoxy) is 1. The molecule has 0 saturated heterocycles. The van der Waals surface area contributed by atoms with Crippen molar-refractivity contribution in [2.24, 2.45) is 5.73 Å². The van der Waals surface area contributed by atoms with E-state index in [4.69, 9.17) is 22.1 Å². The average molecular weight is 490 g/mol. The van der Waals surface area contributed by atoms with Crippen LogP contribution >= 0.6 is 11.6 Å². The summed E-state index contributed by atoms with van der Waals surface area (Å²) in [4.78, 5) is -0.00661. The topological polar surface area (TPSA) is 96.4 Å². The van der Waals surface area contributed by atoms with E-state index in [-0.39, 0.29) is 28.7 Å². The monoisotopic (exact) mass is 489 g/mol. The molecule has 1 atom stereocenters. The Hall–Kier alpha value is -3.73. The minimum Gasteiger partial charge on any atom is -0.439 e. The van der Waals surface area contributed by atoms with Crippen LogP contribution in [0.2, 0.25) is 5.02 Å². The molecule has 3 aromatic carbocycles. The van der Waals surface area contributed by atoms with Gasteiger partial charge in [-0.15, -0.1) is 0 Å². The van der Waals surface area contributed by atoms with Gasteiger partial charge in [0.15, 0.2) is 5.76 Å². The number of aryl methyl sites for hydroxylation is 1. The molecule has 2 aliphatic heterocycles. The molecule has 34 heavy (non-hydrogen) atoms. The molecule has 0 fully saturated rings. The molecular weight excluding hydrogens is 470 g/mol. The summed E-state index contributed by atoms with van der Waals surface area (Å²) < 4.78 is 35.7. The number of sulfonamides is 1. The van der Waals surface area contributed by atoms with Gasteiger partial charge in [-0.3, -0.25) is 4.31 Å². The smallest absolute Gasteiger partial charge is 0.265 e. The zero-order valence-electron chi connectivity index (χ0n) is 18.2. The first-order valence-corrected chi connectivity index (χ1v) is 12.4. The summed E-state index contributed by atoms with van der Waals surface area (Å²) in [6.45, 7) is 2.08. The third kappa shape index (κ3) is 3.43. The van der Waals surface area contributed by atoms with E-state index in [1.54, 1.807) is 42.5 Å². The van der Waals surface area contributed by atoms with Crippen molar-refractivity contribution >= 4 is 33.1 Å². The van der Waals surface area contributed by atoms with Gasteiger partial charge < -0.3 is 10.5 Å². The summed E-state index contributed by atoms with van der Waals surface area (Å²) in [6, 6.07) is 23.6. The van der Waals surface area contributed by atoms with E-state index in [1.165, 1.54) is 4.31 Å². The normalized spacial score (nSPS) is 18.6. The minimum atomic E-state index is -4.11. The summed E-state index contributed by atoms with van der Waals surface area (Å²) in [5, 5.41) is 10.4. The fraction of sp³-hybridized carbons (Fsp3) is 0.115. The van der Waals surface area contributed by atoms with E-state index in [9.17, 15) is 13.7 Å². The molecule has 6 nitrogen and oxygen atoms in total. The van der Waals surface area contributed by atoms with Crippen LogP contribution in [0.5, 0.6) is 0 Å². The Morgan fingerprint density at radius 2 is 1.74 bits per heavy atom. The zero-order chi connectivity index (χ0) is 24.0. The average Bonchev–Trinajstić information content (AvgIpc) is 2.82. The Kier molecular flexibility index (Phi) is 5.35. The van der Waals surface area contributed by atoms with Crippen LogP contribution in [-0.2, 0) is 21.3 Å². The van der Waals surface area contributed by atoms with E-state index in [1.807, 2.05) is 37.3 Å². The van der Waals surface area contributed by atoms with Gasteiger partial charge in [-0.1, -0.05) is 60.1 Å². The Balaban J connectivity index is 1.77. The number of para-hydroxylation sites is 1. The third-order valence-electron chi connectivity index (χ3n) is 6.14. The summed E-state index contributed by atoms with van der Waals surface area (Å²) in [5.41, 5.74) is 9.71. The standard InChI is InChI=1S/C26H20ClN3O3S/c1-16-6-2-3-7-18(16)15-30-22-9-5-4-8-20(22)24-25(34(30,31)32)23(21(14-28)26(29)33-24)17-10-12-19(27)13-11-17/h2-13,23H,15,29H2,1H3/t23-/m1/s1. The van der Waals surface area contributed by atoms with E-state index in [0.717, 1.165) is 11.1 Å². The minimum absolute atomic E-state index is 0.00661. The van der Waals surface area contributed by atoms with Crippen molar-refractivity contribution in [3.63, 3.8) is 0 Å². The van der Waals surface area contributed by atoms with Crippen molar-refractivity contribution in [2.75, 3.05) is 4.31 Å². The maximum atomic E-state index is 14.2. The highest BCUT2D eigenvalue weighted by Crippen LogP contribution is 2.51. The van der Waals surface area contributed by atoms with Gasteiger partial charge in [0.2, 0.25) is 5.88 Å². The highest BCUT2D eigenvalue weighted by molar-refractivity contribution is 7.96. The summed E-state index contributed by atoms with van der Waals surface area (Å²) in [5.74, 6) is -0.893. The second-order valence-corrected chi connectivity index (χ2v) is 10.4. The lowest BCUT2D eigenvalue weighted by Crippen LogP contribution is -2.39. The number of halogens is 1. The molecule has 2 N–H and O–H groups in total. The lowest BCUT2D eigenvalue weighted by atomic mass is 9.88. The number of hydrogen-bond donors (Lipinski definition) is 1. The van der Waals surface area contributed by atoms with Crippen LogP contribution in [0.3, 0.4) is 0 Å². The fourth-order valence-electron chi connectivity index (χ4n) is 4.41. The summed E-state index contributed by atoms with van der Waals surface area (Å²) >= 11 is 6.07. The highest BCUT2D eigenvalue weighted by Gasteiger charge is 2.47. The molecule has 2 heterocycles. The SMILES string of the molecule is Cc1ccccc1CN1c2ccccc2C2=C([C@H](c3ccc(Cl)cc3)C(C#N)=C(N)O2)S1(=O)=O. The molecule has 0 radical (unpaired) electrons. The van der Waals surface area contributed by atoms with Crippen LogP contribution in [-0.4, -0.2) is 8.42 Å². The number of fused-ring (bicyclic) bond motifs is 2. The Labute approximate surface area is 203 Å². The van der Waals surface area contributed by atoms with Gasteiger partial charge in [0.25, 0.3) is 10.0 Å². The second kappa shape index (κ2) is 8.24. The molecule has 0 spiro atoms. The summed E-state index contributed by atoms with van der Waals surface area (Å²) in [7, 11) is -4.11. The molecule has 0 amide bonds. The van der Waals surface area contributed by atoms with Crippen molar-refractivity contribution in [1.82, 2.24) is 0 Å². The quantitative estimate of drug-likeness (QED) is 0.547. The third-order valence-corrected chi connectivity index (χ3v) is 8.27. The van der Waals surface area contributed by atoms with E-state index >= 15 is 0 Å². The van der Waals surface area contributed by atoms with Gasteiger partial charge in [0.05, 0.1) is 18.2 Å². The molecule has 0 saturated carbocycles. The van der Waals surface area contributed by atoms with Crippen LogP contribution in [0.4, 0.5) is 5.69 Å². The molecule has 3 aromatic rings. The lowest BCUT2D eigenvalue weighted by Gasteiger charge is -2.38. The Morgan fingerprint density at radius 1 is 1.06 bits per heavy atom. The van der Waals surface area contributed by atoms with E-state index in [0.29, 0.717) is 21.8 Å². The highest BCUT2D eigenvalue weighted by atomic mass is 35.5. The number of benzene rings is 3. The molecule has 0 bridgehead atoms. The first-order valence-electron chi connectivity index (χ1n) is 10.6. The second-order valence-electron chi connectivity index (χ2n) is 8.13. The lowest BCUT2D eigenvalue weighted by molar-refractivity contribution is 0.357. The van der Waals surface area contributed by atoms with Gasteiger partial charge in [-0.2, -0.15) is 5.26 Å². The van der Waals surface area contributed by atoms with Crippen LogP contribution in [0.1, 0.15) is 28.2 Å². The van der Waals surface area contributed by atoms with Crippen molar-refractivity contribution in [3.05, 3.63) is 116 Å². The predicted octanol–water partition coefficient (Wildman–Crippen LogP) is 5.17. The number of nitriles is 1. The predicted molar refractivity (Wildman–Crippen MR) is 132 cm³/mol. The molecular formula is C26H20ClN3O3S. The first kappa shape index (κ1) is 22.1. The number of rotatable bonds is 3. The van der Waals surface area contributed by atoms with Crippen molar-refractivity contribution in [3.8, 4) is 6.07 Å². The van der Waals surface area contributed by atoms with Crippen molar-refractivity contribution < 1.29 is 13.2 Å². The molecule has 0 aromatic heterocycles. The molecule has 2 aliphatic rings. The fourth-order valence-corrected chi connectivity index (χ4v) is 6.44. The van der Waals surface area contributed by atoms with Crippen LogP contribution in [0.15, 0.2) is 89.2 Å². The van der Waals surface area contributed by atoms with Crippen LogP contribution < -0.4 is 10.0 Å². The Morgan fingerprint density at radius 3 is 2.44 bits per heavy atom. The molecule has 0 unspecified atom stereocenters. The Bertz CT molecular complexity index is 1520. The number of nitrogens with two attached hydrogens (primary N) is 1. The first-order chi connectivity index (χ1) is 16.3. The number of hydrogen-bond acceptors (Lipinski definition) is 5. The maximum absolute atomic E-state index is 14.2. The van der Waals surface area contributed by atoms with Crippen molar-refractivity contribution in [1.29, 1.82) is 5.26 Å². The van der Waals surface area contributed by atoms with Gasteiger partial charge >= 0.3 is 0 Å². The van der Waals surface area contributed by atoms with Crippen molar-refractivity contribution in [2.45, 2.75) is 19.4 Å². The zero-order valence-corrected chi connectivity index (χ0v) is 19.8. The molecule has 8 heteroatoms. The maximum Gasteiger partial charge on any atom is 0.265 e. The van der Waals surface area contributed by atoms with E-state index < -0.39 is 15.9 Å². The largest absolute Gasteiger partial charge is 0.439 e. The van der Waals surface area contributed by atoms with Crippen LogP contribution in [0, 0.1) is 18.3 Å². The van der Waals surface area contributed by atoms with E-state index in [2.05, 4.69) is 6.07 Å². The van der Waals surface area contributed by atoms with Gasteiger partial charge in [0.1, 0.15) is 16.5 Å². The van der Waals surface area contributed by atoms with Gasteiger partial charge in [-0.25, -0.2) is 8.42 Å². The van der Waals surface area contributed by atoms with Gasteiger partial charge in [-0.05, 0) is 47.9 Å². The number of nitrogens with zero attached hydrogens (tertiary/aromatic N) is 2. The molecule has 5 rings (SSSR count). The summed E-state index contributed by atoms with van der Waals surface area (Å²) in [6.07, 6.45) is 0.